The normalized spacial score (nSPS) is 10.3. The smallest absolute Gasteiger partial charge is 0.270 e. The van der Waals surface area contributed by atoms with Gasteiger partial charge < -0.3 is 5.32 Å². The summed E-state index contributed by atoms with van der Waals surface area (Å²) in [6.45, 7) is 2.72. The number of nitrogens with zero attached hydrogens (tertiary/aromatic N) is 1. The fourth-order valence-electron chi connectivity index (χ4n) is 1.23. The minimum absolute atomic E-state index is 0.0837. The van der Waals surface area contributed by atoms with Crippen LogP contribution in [0.15, 0.2) is 22.2 Å². The van der Waals surface area contributed by atoms with Gasteiger partial charge in [0.25, 0.3) is 5.91 Å². The number of carbonyl (C=O) groups is 1. The highest BCUT2D eigenvalue weighted by molar-refractivity contribution is 7.14. The molecule has 0 aliphatic heterocycles. The van der Waals surface area contributed by atoms with Crippen molar-refractivity contribution in [3.05, 3.63) is 27.9 Å². The zero-order valence-electron chi connectivity index (χ0n) is 8.90. The summed E-state index contributed by atoms with van der Waals surface area (Å²) in [5.41, 5.74) is 1.60. The van der Waals surface area contributed by atoms with Crippen LogP contribution in [-0.2, 0) is 0 Å². The van der Waals surface area contributed by atoms with Crippen LogP contribution in [0.25, 0.3) is 10.6 Å². The number of rotatable bonds is 4. The highest BCUT2D eigenvalue weighted by atomic mass is 32.1. The first-order valence-electron chi connectivity index (χ1n) is 5.07. The number of carbonyl (C=O) groups excluding carboxylic acids is 1. The molecule has 0 aromatic carbocycles. The van der Waals surface area contributed by atoms with Gasteiger partial charge in [-0.25, -0.2) is 4.98 Å². The zero-order valence-corrected chi connectivity index (χ0v) is 10.5. The molecule has 3 nitrogen and oxygen atoms in total. The molecule has 2 aromatic rings. The molecular weight excluding hydrogens is 240 g/mol. The maximum absolute atomic E-state index is 11.6. The molecule has 0 fully saturated rings. The van der Waals surface area contributed by atoms with Crippen molar-refractivity contribution in [2.24, 2.45) is 0 Å². The van der Waals surface area contributed by atoms with E-state index >= 15 is 0 Å². The average Bonchev–Trinajstić information content (AvgIpc) is 2.94. The van der Waals surface area contributed by atoms with E-state index in [1.165, 1.54) is 11.3 Å². The third-order valence-electron chi connectivity index (χ3n) is 2.04. The average molecular weight is 252 g/mol. The Bertz CT molecular complexity index is 462. The van der Waals surface area contributed by atoms with Crippen molar-refractivity contribution in [2.45, 2.75) is 13.3 Å². The molecule has 5 heteroatoms. The van der Waals surface area contributed by atoms with Crippen LogP contribution in [0.5, 0.6) is 0 Å². The number of hydrogen-bond donors (Lipinski definition) is 1. The van der Waals surface area contributed by atoms with Crippen molar-refractivity contribution in [2.75, 3.05) is 6.54 Å². The number of amides is 1. The molecule has 0 aliphatic rings. The predicted molar refractivity (Wildman–Crippen MR) is 68.1 cm³/mol. The van der Waals surface area contributed by atoms with E-state index in [9.17, 15) is 4.79 Å². The SMILES string of the molecule is CCCNC(=O)c1csc(-c2ccsc2)n1. The lowest BCUT2D eigenvalue weighted by atomic mass is 10.3. The second-order valence-corrected chi connectivity index (χ2v) is 4.94. The predicted octanol–water partition coefficient (Wildman–Crippen LogP) is 3.01. The van der Waals surface area contributed by atoms with Crippen LogP contribution in [0, 0.1) is 0 Å². The van der Waals surface area contributed by atoms with Crippen molar-refractivity contribution in [3.8, 4) is 10.6 Å². The van der Waals surface area contributed by atoms with Crippen LogP contribution < -0.4 is 5.32 Å². The number of thiazole rings is 1. The summed E-state index contributed by atoms with van der Waals surface area (Å²) in [5, 5.41) is 9.57. The van der Waals surface area contributed by atoms with E-state index in [2.05, 4.69) is 10.3 Å². The molecule has 1 N–H and O–H groups in total. The fourth-order valence-corrected chi connectivity index (χ4v) is 2.74. The largest absolute Gasteiger partial charge is 0.351 e. The van der Waals surface area contributed by atoms with Crippen LogP contribution in [0.1, 0.15) is 23.8 Å². The van der Waals surface area contributed by atoms with Gasteiger partial charge >= 0.3 is 0 Å². The Kier molecular flexibility index (Phi) is 3.69. The minimum atomic E-state index is -0.0837. The van der Waals surface area contributed by atoms with E-state index < -0.39 is 0 Å². The van der Waals surface area contributed by atoms with Gasteiger partial charge in [0.2, 0.25) is 0 Å². The van der Waals surface area contributed by atoms with Crippen molar-refractivity contribution in [1.82, 2.24) is 10.3 Å². The van der Waals surface area contributed by atoms with Crippen LogP contribution in [0.2, 0.25) is 0 Å². The Hall–Kier alpha value is -1.20. The summed E-state index contributed by atoms with van der Waals surface area (Å²) in [7, 11) is 0. The topological polar surface area (TPSA) is 42.0 Å². The van der Waals surface area contributed by atoms with E-state index in [4.69, 9.17) is 0 Å². The standard InChI is InChI=1S/C11H12N2OS2/c1-2-4-12-10(14)9-7-16-11(13-9)8-3-5-15-6-8/h3,5-7H,2,4H2,1H3,(H,12,14). The molecule has 0 spiro atoms. The zero-order chi connectivity index (χ0) is 11.4. The maximum atomic E-state index is 11.6. The van der Waals surface area contributed by atoms with Gasteiger partial charge in [-0.15, -0.1) is 11.3 Å². The van der Waals surface area contributed by atoms with Gasteiger partial charge in [0, 0.05) is 22.9 Å². The molecular formula is C11H12N2OS2. The molecule has 84 valence electrons. The third kappa shape index (κ3) is 2.48. The van der Waals surface area contributed by atoms with E-state index in [1.54, 1.807) is 16.7 Å². The lowest BCUT2D eigenvalue weighted by Crippen LogP contribution is -2.24. The Morgan fingerprint density at radius 1 is 1.50 bits per heavy atom. The van der Waals surface area contributed by atoms with Gasteiger partial charge in [-0.05, 0) is 17.9 Å². The molecule has 16 heavy (non-hydrogen) atoms. The summed E-state index contributed by atoms with van der Waals surface area (Å²) in [6.07, 6.45) is 0.938. The van der Waals surface area contributed by atoms with Crippen molar-refractivity contribution >= 4 is 28.6 Å². The summed E-state index contributed by atoms with van der Waals surface area (Å²) in [6, 6.07) is 2.01. The first-order valence-corrected chi connectivity index (χ1v) is 6.90. The van der Waals surface area contributed by atoms with Crippen LogP contribution in [0.3, 0.4) is 0 Å². The quantitative estimate of drug-likeness (QED) is 0.909. The summed E-state index contributed by atoms with van der Waals surface area (Å²) in [4.78, 5) is 15.9. The number of thiophene rings is 1. The molecule has 0 atom stereocenters. The summed E-state index contributed by atoms with van der Waals surface area (Å²) >= 11 is 3.14. The number of nitrogens with one attached hydrogen (secondary N) is 1. The molecule has 0 saturated carbocycles. The minimum Gasteiger partial charge on any atom is -0.351 e. The molecule has 0 aliphatic carbocycles. The lowest BCUT2D eigenvalue weighted by Gasteiger charge is -1.98. The monoisotopic (exact) mass is 252 g/mol. The maximum Gasteiger partial charge on any atom is 0.270 e. The first kappa shape index (κ1) is 11.3. The number of aromatic nitrogens is 1. The second-order valence-electron chi connectivity index (χ2n) is 3.31. The first-order chi connectivity index (χ1) is 7.81. The van der Waals surface area contributed by atoms with Crippen LogP contribution >= 0.6 is 22.7 Å². The third-order valence-corrected chi connectivity index (χ3v) is 3.62. The summed E-state index contributed by atoms with van der Waals surface area (Å²) in [5.74, 6) is -0.0837. The molecule has 2 rings (SSSR count). The molecule has 0 bridgehead atoms. The van der Waals surface area contributed by atoms with Crippen molar-refractivity contribution in [1.29, 1.82) is 0 Å². The number of hydrogen-bond acceptors (Lipinski definition) is 4. The second kappa shape index (κ2) is 5.23. The van der Waals surface area contributed by atoms with Gasteiger partial charge in [-0.2, -0.15) is 11.3 Å². The van der Waals surface area contributed by atoms with Crippen molar-refractivity contribution < 1.29 is 4.79 Å². The molecule has 2 aromatic heterocycles. The van der Waals surface area contributed by atoms with Gasteiger partial charge in [0.15, 0.2) is 0 Å². The highest BCUT2D eigenvalue weighted by Gasteiger charge is 2.10. The Labute approximate surface area is 102 Å². The fraction of sp³-hybridized carbons (Fsp3) is 0.273. The lowest BCUT2D eigenvalue weighted by molar-refractivity contribution is 0.0949. The van der Waals surface area contributed by atoms with Gasteiger partial charge in [-0.3, -0.25) is 4.79 Å². The van der Waals surface area contributed by atoms with E-state index in [-0.39, 0.29) is 5.91 Å². The molecule has 0 unspecified atom stereocenters. The van der Waals surface area contributed by atoms with E-state index in [1.807, 2.05) is 23.8 Å². The van der Waals surface area contributed by atoms with Crippen LogP contribution in [-0.4, -0.2) is 17.4 Å². The van der Waals surface area contributed by atoms with Crippen molar-refractivity contribution in [3.63, 3.8) is 0 Å². The van der Waals surface area contributed by atoms with Crippen LogP contribution in [0.4, 0.5) is 0 Å². The summed E-state index contributed by atoms with van der Waals surface area (Å²) < 4.78 is 0. The Balaban J connectivity index is 2.11. The van der Waals surface area contributed by atoms with E-state index in [0.717, 1.165) is 17.0 Å². The molecule has 2 heterocycles. The molecule has 0 radical (unpaired) electrons. The van der Waals surface area contributed by atoms with Gasteiger partial charge in [0.05, 0.1) is 0 Å². The molecule has 0 saturated heterocycles. The van der Waals surface area contributed by atoms with Gasteiger partial charge in [0.1, 0.15) is 10.7 Å². The molecule has 1 amide bonds. The Morgan fingerprint density at radius 3 is 3.06 bits per heavy atom. The highest BCUT2D eigenvalue weighted by Crippen LogP contribution is 2.25. The Morgan fingerprint density at radius 2 is 2.38 bits per heavy atom. The van der Waals surface area contributed by atoms with Gasteiger partial charge in [-0.1, -0.05) is 6.92 Å². The van der Waals surface area contributed by atoms with E-state index in [0.29, 0.717) is 12.2 Å².